The molecule has 2 aromatic heterocycles. The molecule has 0 fully saturated rings. The van der Waals surface area contributed by atoms with Gasteiger partial charge >= 0.3 is 5.97 Å². The number of carbonyl (C=O) groups excluding carboxylic acids is 1. The van der Waals surface area contributed by atoms with E-state index in [0.29, 0.717) is 11.3 Å². The molecule has 20 heavy (non-hydrogen) atoms. The minimum absolute atomic E-state index is 0.102. The summed E-state index contributed by atoms with van der Waals surface area (Å²) in [5.74, 6) is -0.578. The summed E-state index contributed by atoms with van der Waals surface area (Å²) in [6, 6.07) is 0. The Morgan fingerprint density at radius 1 is 1.50 bits per heavy atom. The third kappa shape index (κ3) is 2.85. The van der Waals surface area contributed by atoms with Gasteiger partial charge in [0, 0.05) is 18.8 Å². The molecular weight excluding hydrogens is 262 g/mol. The van der Waals surface area contributed by atoms with Crippen molar-refractivity contribution in [3.8, 4) is 11.3 Å². The maximum absolute atomic E-state index is 11.8. The van der Waals surface area contributed by atoms with E-state index in [1.54, 1.807) is 38.0 Å². The Kier molecular flexibility index (Phi) is 3.58. The number of hydrogen-bond donors (Lipinski definition) is 1. The van der Waals surface area contributed by atoms with E-state index >= 15 is 0 Å². The largest absolute Gasteiger partial charge is 0.464 e. The van der Waals surface area contributed by atoms with Gasteiger partial charge in [0.25, 0.3) is 0 Å². The van der Waals surface area contributed by atoms with Gasteiger partial charge in [-0.1, -0.05) is 5.21 Å². The van der Waals surface area contributed by atoms with Crippen molar-refractivity contribution in [3.63, 3.8) is 0 Å². The standard InChI is InChI=1S/C12H17N5O3/c1-12(2,19)7-17-10(8-5-13-16(3)6-8)9(14-15-17)11(18)20-4/h5-6,19H,7H2,1-4H3. The van der Waals surface area contributed by atoms with Gasteiger partial charge in [-0.3, -0.25) is 4.68 Å². The van der Waals surface area contributed by atoms with Gasteiger partial charge in [0.1, 0.15) is 5.69 Å². The zero-order chi connectivity index (χ0) is 14.9. The molecule has 0 atom stereocenters. The first-order valence-electron chi connectivity index (χ1n) is 6.05. The molecule has 0 aliphatic heterocycles. The number of rotatable bonds is 4. The summed E-state index contributed by atoms with van der Waals surface area (Å²) in [6.07, 6.45) is 3.35. The fourth-order valence-electron chi connectivity index (χ4n) is 1.85. The van der Waals surface area contributed by atoms with E-state index in [1.165, 1.54) is 11.8 Å². The fraction of sp³-hybridized carbons (Fsp3) is 0.500. The Labute approximate surface area is 116 Å². The normalized spacial score (nSPS) is 11.7. The Morgan fingerprint density at radius 3 is 2.70 bits per heavy atom. The van der Waals surface area contributed by atoms with Crippen LogP contribution >= 0.6 is 0 Å². The van der Waals surface area contributed by atoms with E-state index in [2.05, 4.69) is 15.4 Å². The summed E-state index contributed by atoms with van der Waals surface area (Å²) in [5, 5.41) is 21.8. The molecule has 8 heteroatoms. The molecule has 2 aromatic rings. The summed E-state index contributed by atoms with van der Waals surface area (Å²) in [7, 11) is 3.05. The molecule has 108 valence electrons. The predicted octanol–water partition coefficient (Wildman–Crippen LogP) is 0.236. The second-order valence-electron chi connectivity index (χ2n) is 5.15. The van der Waals surface area contributed by atoms with Crippen molar-refractivity contribution in [2.24, 2.45) is 7.05 Å². The first-order chi connectivity index (χ1) is 9.31. The van der Waals surface area contributed by atoms with Crippen LogP contribution in [0.25, 0.3) is 11.3 Å². The summed E-state index contributed by atoms with van der Waals surface area (Å²) >= 11 is 0. The van der Waals surface area contributed by atoms with Crippen molar-refractivity contribution in [1.82, 2.24) is 24.8 Å². The van der Waals surface area contributed by atoms with Gasteiger partial charge in [-0.15, -0.1) is 5.10 Å². The van der Waals surface area contributed by atoms with Gasteiger partial charge in [-0.2, -0.15) is 5.10 Å². The van der Waals surface area contributed by atoms with Crippen LogP contribution in [0.15, 0.2) is 12.4 Å². The minimum atomic E-state index is -0.988. The Bertz CT molecular complexity index is 623. The molecular formula is C12H17N5O3. The van der Waals surface area contributed by atoms with Crippen LogP contribution in [0, 0.1) is 0 Å². The van der Waals surface area contributed by atoms with Gasteiger partial charge < -0.3 is 9.84 Å². The van der Waals surface area contributed by atoms with Crippen molar-refractivity contribution in [1.29, 1.82) is 0 Å². The molecule has 8 nitrogen and oxygen atoms in total. The Balaban J connectivity index is 2.54. The quantitative estimate of drug-likeness (QED) is 0.805. The van der Waals surface area contributed by atoms with Gasteiger partial charge in [-0.25, -0.2) is 9.48 Å². The average molecular weight is 279 g/mol. The predicted molar refractivity (Wildman–Crippen MR) is 69.9 cm³/mol. The monoisotopic (exact) mass is 279 g/mol. The molecule has 0 aromatic carbocycles. The molecule has 0 aliphatic rings. The smallest absolute Gasteiger partial charge is 0.360 e. The van der Waals surface area contributed by atoms with E-state index in [9.17, 15) is 9.90 Å². The lowest BCUT2D eigenvalue weighted by Gasteiger charge is -2.17. The molecule has 0 spiro atoms. The van der Waals surface area contributed by atoms with Crippen molar-refractivity contribution in [2.75, 3.05) is 7.11 Å². The lowest BCUT2D eigenvalue weighted by Crippen LogP contribution is -2.27. The molecule has 1 N–H and O–H groups in total. The van der Waals surface area contributed by atoms with Crippen LogP contribution in [0.3, 0.4) is 0 Å². The van der Waals surface area contributed by atoms with Crippen LogP contribution < -0.4 is 0 Å². The first kappa shape index (κ1) is 14.2. The van der Waals surface area contributed by atoms with Crippen LogP contribution in [0.5, 0.6) is 0 Å². The number of ether oxygens (including phenoxy) is 1. The SMILES string of the molecule is COC(=O)c1nnn(CC(C)(C)O)c1-c1cnn(C)c1. The number of aryl methyl sites for hydroxylation is 1. The van der Waals surface area contributed by atoms with Gasteiger partial charge in [-0.05, 0) is 13.8 Å². The molecule has 0 aliphatic carbocycles. The fourth-order valence-corrected chi connectivity index (χ4v) is 1.85. The lowest BCUT2D eigenvalue weighted by molar-refractivity contribution is 0.0569. The number of carbonyl (C=O) groups is 1. The Hall–Kier alpha value is -2.22. The molecule has 0 amide bonds. The first-order valence-corrected chi connectivity index (χ1v) is 6.05. The van der Waals surface area contributed by atoms with Crippen molar-refractivity contribution in [2.45, 2.75) is 26.0 Å². The number of hydrogen-bond acceptors (Lipinski definition) is 6. The van der Waals surface area contributed by atoms with E-state index < -0.39 is 11.6 Å². The highest BCUT2D eigenvalue weighted by atomic mass is 16.5. The van der Waals surface area contributed by atoms with Crippen LogP contribution in [0.4, 0.5) is 0 Å². The molecule has 2 heterocycles. The van der Waals surface area contributed by atoms with E-state index in [-0.39, 0.29) is 12.2 Å². The second kappa shape index (κ2) is 5.04. The summed E-state index contributed by atoms with van der Waals surface area (Å²) in [6.45, 7) is 3.50. The molecule has 0 unspecified atom stereocenters. The third-order valence-corrected chi connectivity index (χ3v) is 2.63. The highest BCUT2D eigenvalue weighted by Gasteiger charge is 2.25. The van der Waals surface area contributed by atoms with Crippen LogP contribution in [0.2, 0.25) is 0 Å². The topological polar surface area (TPSA) is 95.1 Å². The number of esters is 1. The zero-order valence-electron chi connectivity index (χ0n) is 11.9. The highest BCUT2D eigenvalue weighted by molar-refractivity contribution is 5.93. The molecule has 2 rings (SSSR count). The highest BCUT2D eigenvalue weighted by Crippen LogP contribution is 2.23. The van der Waals surface area contributed by atoms with E-state index in [0.717, 1.165) is 0 Å². The van der Waals surface area contributed by atoms with Crippen LogP contribution in [-0.4, -0.2) is 48.6 Å². The lowest BCUT2D eigenvalue weighted by atomic mass is 10.1. The number of nitrogens with zero attached hydrogens (tertiary/aromatic N) is 5. The second-order valence-corrected chi connectivity index (χ2v) is 5.15. The summed E-state index contributed by atoms with van der Waals surface area (Å²) in [5.41, 5.74) is 0.275. The third-order valence-electron chi connectivity index (χ3n) is 2.63. The van der Waals surface area contributed by atoms with Crippen LogP contribution in [0.1, 0.15) is 24.3 Å². The maximum Gasteiger partial charge on any atom is 0.360 e. The number of aromatic nitrogens is 5. The maximum atomic E-state index is 11.8. The van der Waals surface area contributed by atoms with Crippen molar-refractivity contribution >= 4 is 5.97 Å². The number of aliphatic hydroxyl groups is 1. The number of methoxy groups -OCH3 is 1. The molecule has 0 saturated carbocycles. The van der Waals surface area contributed by atoms with Crippen molar-refractivity contribution in [3.05, 3.63) is 18.1 Å². The van der Waals surface area contributed by atoms with Gasteiger partial charge in [0.15, 0.2) is 5.69 Å². The van der Waals surface area contributed by atoms with Crippen molar-refractivity contribution < 1.29 is 14.6 Å². The van der Waals surface area contributed by atoms with E-state index in [1.807, 2.05) is 0 Å². The summed E-state index contributed by atoms with van der Waals surface area (Å²) < 4.78 is 7.79. The minimum Gasteiger partial charge on any atom is -0.464 e. The molecule has 0 saturated heterocycles. The average Bonchev–Trinajstić information content (AvgIpc) is 2.92. The van der Waals surface area contributed by atoms with E-state index in [4.69, 9.17) is 4.74 Å². The zero-order valence-corrected chi connectivity index (χ0v) is 11.9. The van der Waals surface area contributed by atoms with Gasteiger partial charge in [0.05, 0.1) is 25.5 Å². The molecule has 0 radical (unpaired) electrons. The molecule has 0 bridgehead atoms. The Morgan fingerprint density at radius 2 is 2.20 bits per heavy atom. The van der Waals surface area contributed by atoms with Gasteiger partial charge in [0.2, 0.25) is 0 Å². The van der Waals surface area contributed by atoms with Crippen LogP contribution in [-0.2, 0) is 18.3 Å². The summed E-state index contributed by atoms with van der Waals surface area (Å²) in [4.78, 5) is 11.8.